The Kier molecular flexibility index (Phi) is 9.55. The van der Waals surface area contributed by atoms with Gasteiger partial charge in [-0.2, -0.15) is 4.31 Å². The third-order valence-electron chi connectivity index (χ3n) is 6.25. The van der Waals surface area contributed by atoms with Crippen LogP contribution in [0.15, 0.2) is 81.5 Å². The molecule has 7 nitrogen and oxygen atoms in total. The zero-order chi connectivity index (χ0) is 26.3. The molecule has 0 atom stereocenters. The minimum Gasteiger partial charge on any atom is -0.496 e. The highest BCUT2D eigenvalue weighted by Gasteiger charge is 2.28. The summed E-state index contributed by atoms with van der Waals surface area (Å²) in [6.45, 7) is 3.77. The maximum atomic E-state index is 13.2. The number of carbonyl (C=O) groups is 1. The maximum Gasteiger partial charge on any atom is 0.264 e. The van der Waals surface area contributed by atoms with Crippen molar-refractivity contribution in [3.63, 3.8) is 0 Å². The third kappa shape index (κ3) is 7.08. The van der Waals surface area contributed by atoms with Gasteiger partial charge in [0, 0.05) is 55.8 Å². The van der Waals surface area contributed by atoms with Gasteiger partial charge in [0.2, 0.25) is 10.0 Å². The molecule has 1 aromatic heterocycles. The predicted octanol–water partition coefficient (Wildman–Crippen LogP) is 4.68. The zero-order valence-electron chi connectivity index (χ0n) is 20.6. The van der Waals surface area contributed by atoms with E-state index in [0.29, 0.717) is 55.6 Å². The number of hydrogen-bond acceptors (Lipinski definition) is 6. The van der Waals surface area contributed by atoms with E-state index in [9.17, 15) is 13.2 Å². The Morgan fingerprint density at radius 2 is 1.78 bits per heavy atom. The molecule has 1 fully saturated rings. The lowest BCUT2D eigenvalue weighted by Gasteiger charge is -2.35. The number of methoxy groups -OCH3 is 1. The molecule has 1 aliphatic rings. The standard InChI is InChI=1S/C27H30BrN3O4S2/c1-35-25-8-3-2-6-22(25)7-4-14-30(27(32)26-9-5-21-36-26)18-15-29-16-19-31(20-17-29)37(33,34)24-12-10-23(28)11-13-24/h2-13,21H,14-20H2,1H3/b7-4+. The molecular formula is C27H30BrN3O4S2. The summed E-state index contributed by atoms with van der Waals surface area (Å²) in [7, 11) is -1.88. The van der Waals surface area contributed by atoms with Crippen LogP contribution in [0.2, 0.25) is 0 Å². The van der Waals surface area contributed by atoms with Gasteiger partial charge in [-0.3, -0.25) is 9.69 Å². The fourth-order valence-electron chi connectivity index (χ4n) is 4.15. The van der Waals surface area contributed by atoms with Gasteiger partial charge in [-0.05, 0) is 41.8 Å². The van der Waals surface area contributed by atoms with E-state index < -0.39 is 10.0 Å². The van der Waals surface area contributed by atoms with Gasteiger partial charge in [-0.15, -0.1) is 11.3 Å². The molecule has 0 saturated carbocycles. The second-order valence-corrected chi connectivity index (χ2v) is 12.4. The van der Waals surface area contributed by atoms with Gasteiger partial charge < -0.3 is 9.64 Å². The van der Waals surface area contributed by atoms with Gasteiger partial charge >= 0.3 is 0 Å². The van der Waals surface area contributed by atoms with E-state index in [2.05, 4.69) is 20.8 Å². The van der Waals surface area contributed by atoms with Crippen molar-refractivity contribution in [2.24, 2.45) is 0 Å². The molecule has 10 heteroatoms. The van der Waals surface area contributed by atoms with Gasteiger partial charge in [0.05, 0.1) is 16.9 Å². The molecule has 37 heavy (non-hydrogen) atoms. The molecule has 0 spiro atoms. The average molecular weight is 605 g/mol. The van der Waals surface area contributed by atoms with Gasteiger partial charge in [0.25, 0.3) is 5.91 Å². The molecule has 1 aliphatic heterocycles. The number of halogens is 1. The highest BCUT2D eigenvalue weighted by Crippen LogP contribution is 2.21. The van der Waals surface area contributed by atoms with Crippen molar-refractivity contribution in [1.82, 2.24) is 14.1 Å². The first-order valence-electron chi connectivity index (χ1n) is 12.0. The summed E-state index contributed by atoms with van der Waals surface area (Å²) in [5.41, 5.74) is 0.955. The summed E-state index contributed by atoms with van der Waals surface area (Å²) in [6, 6.07) is 18.2. The number of sulfonamides is 1. The van der Waals surface area contributed by atoms with Crippen LogP contribution >= 0.6 is 27.3 Å². The number of thiophene rings is 1. The molecule has 0 bridgehead atoms. The Labute approximate surface area is 231 Å². The van der Waals surface area contributed by atoms with Crippen molar-refractivity contribution in [1.29, 1.82) is 0 Å². The molecule has 0 N–H and O–H groups in total. The summed E-state index contributed by atoms with van der Waals surface area (Å²) in [6.07, 6.45) is 3.95. The normalized spacial score (nSPS) is 15.2. The zero-order valence-corrected chi connectivity index (χ0v) is 23.8. The molecule has 1 amide bonds. The summed E-state index contributed by atoms with van der Waals surface area (Å²) < 4.78 is 33.8. The summed E-state index contributed by atoms with van der Waals surface area (Å²) in [4.78, 5) is 18.2. The number of para-hydroxylation sites is 1. The van der Waals surface area contributed by atoms with Gasteiger partial charge in [-0.25, -0.2) is 8.42 Å². The fourth-order valence-corrected chi connectivity index (χ4v) is 6.53. The lowest BCUT2D eigenvalue weighted by atomic mass is 10.2. The second kappa shape index (κ2) is 12.8. The smallest absolute Gasteiger partial charge is 0.264 e. The Balaban J connectivity index is 1.36. The van der Waals surface area contributed by atoms with Crippen molar-refractivity contribution >= 4 is 49.3 Å². The molecular weight excluding hydrogens is 574 g/mol. The number of rotatable bonds is 10. The maximum absolute atomic E-state index is 13.2. The number of hydrogen-bond donors (Lipinski definition) is 0. The Hall–Kier alpha value is -2.50. The number of ether oxygens (including phenoxy) is 1. The van der Waals surface area contributed by atoms with Crippen LogP contribution in [0.4, 0.5) is 0 Å². The third-order valence-corrected chi connectivity index (χ3v) is 9.55. The Morgan fingerprint density at radius 1 is 1.05 bits per heavy atom. The van der Waals surface area contributed by atoms with Crippen LogP contribution in [-0.4, -0.2) is 81.4 Å². The first kappa shape index (κ1) is 27.5. The lowest BCUT2D eigenvalue weighted by molar-refractivity contribution is 0.0750. The van der Waals surface area contributed by atoms with Crippen molar-refractivity contribution in [2.75, 3.05) is 52.9 Å². The molecule has 0 aliphatic carbocycles. The van der Waals surface area contributed by atoms with E-state index in [-0.39, 0.29) is 5.91 Å². The van der Waals surface area contributed by atoms with Crippen LogP contribution in [0.5, 0.6) is 5.75 Å². The molecule has 2 aromatic carbocycles. The molecule has 4 rings (SSSR count). The van der Waals surface area contributed by atoms with Crippen LogP contribution in [0.3, 0.4) is 0 Å². The van der Waals surface area contributed by atoms with E-state index in [4.69, 9.17) is 4.74 Å². The first-order valence-corrected chi connectivity index (χ1v) is 15.1. The molecule has 0 unspecified atom stereocenters. The highest BCUT2D eigenvalue weighted by molar-refractivity contribution is 9.10. The SMILES string of the molecule is COc1ccccc1/C=C/CN(CCN1CCN(S(=O)(=O)c2ccc(Br)cc2)CC1)C(=O)c1cccs1. The molecule has 0 radical (unpaired) electrons. The fraction of sp³-hybridized carbons (Fsp3) is 0.296. The first-order chi connectivity index (χ1) is 17.9. The predicted molar refractivity (Wildman–Crippen MR) is 152 cm³/mol. The van der Waals surface area contributed by atoms with Gasteiger partial charge in [-0.1, -0.05) is 52.3 Å². The number of piperazine rings is 1. The van der Waals surface area contributed by atoms with Crippen molar-refractivity contribution in [3.8, 4) is 5.75 Å². The molecule has 2 heterocycles. The average Bonchev–Trinajstić information content (AvgIpc) is 3.46. The monoisotopic (exact) mass is 603 g/mol. The van der Waals surface area contributed by atoms with Crippen LogP contribution in [0.25, 0.3) is 6.08 Å². The Bertz CT molecular complexity index is 1300. The number of benzene rings is 2. The van der Waals surface area contributed by atoms with Crippen LogP contribution in [0.1, 0.15) is 15.2 Å². The number of carbonyl (C=O) groups excluding carboxylic acids is 1. The topological polar surface area (TPSA) is 70.2 Å². The molecule has 3 aromatic rings. The van der Waals surface area contributed by atoms with E-state index in [1.165, 1.54) is 15.6 Å². The largest absolute Gasteiger partial charge is 0.496 e. The number of nitrogens with zero attached hydrogens (tertiary/aromatic N) is 3. The minimum atomic E-state index is -3.52. The van der Waals surface area contributed by atoms with Gasteiger partial charge in [0.15, 0.2) is 0 Å². The van der Waals surface area contributed by atoms with E-state index in [1.807, 2.05) is 58.8 Å². The Morgan fingerprint density at radius 3 is 2.46 bits per heavy atom. The van der Waals surface area contributed by atoms with Crippen molar-refractivity contribution < 1.29 is 17.9 Å². The minimum absolute atomic E-state index is 0.00358. The summed E-state index contributed by atoms with van der Waals surface area (Å²) in [5, 5.41) is 1.90. The number of amides is 1. The van der Waals surface area contributed by atoms with E-state index in [1.54, 1.807) is 31.4 Å². The van der Waals surface area contributed by atoms with Crippen molar-refractivity contribution in [3.05, 3.63) is 87.0 Å². The lowest BCUT2D eigenvalue weighted by Crippen LogP contribution is -2.50. The van der Waals surface area contributed by atoms with Crippen LogP contribution in [0, 0.1) is 0 Å². The molecule has 1 saturated heterocycles. The second-order valence-electron chi connectivity index (χ2n) is 8.57. The van der Waals surface area contributed by atoms with Crippen LogP contribution < -0.4 is 4.74 Å². The molecule has 196 valence electrons. The quantitative estimate of drug-likeness (QED) is 0.336. The van der Waals surface area contributed by atoms with Crippen molar-refractivity contribution in [2.45, 2.75) is 4.90 Å². The summed E-state index contributed by atoms with van der Waals surface area (Å²) in [5.74, 6) is 0.780. The summed E-state index contributed by atoms with van der Waals surface area (Å²) >= 11 is 4.78. The highest BCUT2D eigenvalue weighted by atomic mass is 79.9. The van der Waals surface area contributed by atoms with E-state index >= 15 is 0 Å². The van der Waals surface area contributed by atoms with E-state index in [0.717, 1.165) is 15.8 Å². The van der Waals surface area contributed by atoms with Gasteiger partial charge in [0.1, 0.15) is 5.75 Å². The van der Waals surface area contributed by atoms with Crippen LogP contribution in [-0.2, 0) is 10.0 Å².